The van der Waals surface area contributed by atoms with Crippen LogP contribution >= 0.6 is 0 Å². The van der Waals surface area contributed by atoms with Gasteiger partial charge >= 0.3 is 12.2 Å². The molecule has 0 bridgehead atoms. The van der Waals surface area contributed by atoms with Gasteiger partial charge in [0, 0.05) is 53.1 Å². The van der Waals surface area contributed by atoms with Crippen molar-refractivity contribution in [2.45, 2.75) is 83.8 Å². The molecule has 1 unspecified atom stereocenters. The molecule has 0 radical (unpaired) electrons. The Hall–Kier alpha value is -7.95. The van der Waals surface area contributed by atoms with E-state index < -0.39 is 30.5 Å². The Morgan fingerprint density at radius 3 is 1.83 bits per heavy atom. The first-order valence-electron chi connectivity index (χ1n) is 24.3. The number of nitrogens with one attached hydrogen (secondary N) is 4. The summed E-state index contributed by atoms with van der Waals surface area (Å²) in [5.74, 6) is 1.47. The normalized spacial score (nSPS) is 18.2. The third-order valence-electron chi connectivity index (χ3n) is 14.1. The second-order valence-corrected chi connectivity index (χ2v) is 19.2. The van der Waals surface area contributed by atoms with E-state index in [2.05, 4.69) is 90.8 Å². The fourth-order valence-electron chi connectivity index (χ4n) is 10.4. The molecule has 2 saturated heterocycles. The standard InChI is InChI=1S/C54H58N10O7/c1-30(2)46(60-53(67)69-5)50(65)62-22-8-12-42(62)48-56-28-39(58-48)34-15-17-41-37(25-34)26-44-38-16-14-35(27-45(38)71-52(64(41)44)36-11-7-10-33(24-36)32-18-20-55-21-19-32)40-29-57-49(59-40)43-13-9-23-63(43)51(66)47(31(3)4)61-54(68)70-6/h7,10-11,14-21,24-31,42-43,46-47,52H,8-9,12-13,22-23H2,1-6H3,(H,56,58)(H,57,59)(H,60,67)(H,61,68)/t42-,43-,46-,47-,52?/m0/s1. The zero-order valence-corrected chi connectivity index (χ0v) is 40.6. The number of ether oxygens (including phenoxy) is 3. The molecule has 4 N–H and O–H groups in total. The van der Waals surface area contributed by atoms with E-state index in [0.717, 1.165) is 87.0 Å². The van der Waals surface area contributed by atoms with Gasteiger partial charge in [-0.2, -0.15) is 0 Å². The molecule has 5 atom stereocenters. The van der Waals surface area contributed by atoms with Gasteiger partial charge in [0.15, 0.2) is 0 Å². The van der Waals surface area contributed by atoms with Crippen molar-refractivity contribution >= 4 is 34.9 Å². The number of methoxy groups -OCH3 is 2. The van der Waals surface area contributed by atoms with Crippen LogP contribution in [0.4, 0.5) is 9.59 Å². The summed E-state index contributed by atoms with van der Waals surface area (Å²) < 4.78 is 19.0. The van der Waals surface area contributed by atoms with Gasteiger partial charge in [-0.25, -0.2) is 19.6 Å². The van der Waals surface area contributed by atoms with E-state index in [1.54, 1.807) is 18.6 Å². The number of alkyl carbamates (subject to hydrolysis) is 2. The van der Waals surface area contributed by atoms with Gasteiger partial charge in [-0.15, -0.1) is 0 Å². The van der Waals surface area contributed by atoms with Gasteiger partial charge < -0.3 is 49.2 Å². The Morgan fingerprint density at radius 1 is 0.676 bits per heavy atom. The van der Waals surface area contributed by atoms with Crippen LogP contribution in [0.1, 0.15) is 88.9 Å². The predicted octanol–water partition coefficient (Wildman–Crippen LogP) is 9.18. The smallest absolute Gasteiger partial charge is 0.407 e. The van der Waals surface area contributed by atoms with Gasteiger partial charge in [0.25, 0.3) is 0 Å². The highest BCUT2D eigenvalue weighted by Gasteiger charge is 2.39. The van der Waals surface area contributed by atoms with Crippen LogP contribution < -0.4 is 15.4 Å². The number of rotatable bonds is 12. The number of benzene rings is 3. The molecule has 7 heterocycles. The van der Waals surface area contributed by atoms with Crippen LogP contribution in [0.15, 0.2) is 104 Å². The number of hydrogen-bond acceptors (Lipinski definition) is 10. The number of nitrogens with zero attached hydrogens (tertiary/aromatic N) is 6. The summed E-state index contributed by atoms with van der Waals surface area (Å²) in [5, 5.41) is 6.46. The zero-order valence-electron chi connectivity index (χ0n) is 40.6. The minimum Gasteiger partial charge on any atom is -0.465 e. The molecule has 3 aliphatic rings. The van der Waals surface area contributed by atoms with E-state index in [4.69, 9.17) is 24.2 Å². The maximum atomic E-state index is 13.9. The van der Waals surface area contributed by atoms with E-state index >= 15 is 0 Å². The zero-order chi connectivity index (χ0) is 49.5. The summed E-state index contributed by atoms with van der Waals surface area (Å²) in [4.78, 5) is 76.6. The van der Waals surface area contributed by atoms with Crippen molar-refractivity contribution in [2.24, 2.45) is 11.8 Å². The Kier molecular flexibility index (Phi) is 12.8. The number of pyridine rings is 1. The topological polar surface area (TPSA) is 202 Å². The van der Waals surface area contributed by atoms with Crippen molar-refractivity contribution in [1.29, 1.82) is 0 Å². The van der Waals surface area contributed by atoms with Gasteiger partial charge in [-0.1, -0.05) is 58.0 Å². The van der Waals surface area contributed by atoms with Crippen molar-refractivity contribution in [3.05, 3.63) is 121 Å². The van der Waals surface area contributed by atoms with Gasteiger partial charge in [0.1, 0.15) is 29.5 Å². The maximum Gasteiger partial charge on any atom is 0.407 e. The number of likely N-dealkylation sites (tertiary alicyclic amines) is 2. The number of carbonyl (C=O) groups excluding carboxylic acids is 4. The third-order valence-corrected chi connectivity index (χ3v) is 14.1. The average Bonchev–Trinajstić information content (AvgIpc) is 4.26. The highest BCUT2D eigenvalue weighted by molar-refractivity contribution is 5.93. The number of fused-ring (bicyclic) bond motifs is 5. The van der Waals surface area contributed by atoms with Crippen molar-refractivity contribution < 1.29 is 33.4 Å². The number of hydrogen-bond donors (Lipinski definition) is 4. The van der Waals surface area contributed by atoms with Crippen LogP contribution in [0.2, 0.25) is 0 Å². The molecule has 10 rings (SSSR count). The molecule has 17 heteroatoms. The lowest BCUT2D eigenvalue weighted by molar-refractivity contribution is -0.136. The van der Waals surface area contributed by atoms with Crippen molar-refractivity contribution in [3.63, 3.8) is 0 Å². The molecule has 4 aromatic heterocycles. The molecule has 7 aromatic rings. The molecule has 2 fully saturated rings. The van der Waals surface area contributed by atoms with E-state index in [1.807, 2.05) is 61.9 Å². The largest absolute Gasteiger partial charge is 0.465 e. The van der Waals surface area contributed by atoms with Crippen molar-refractivity contribution in [1.82, 2.24) is 49.9 Å². The lowest BCUT2D eigenvalue weighted by Crippen LogP contribution is -2.51. The second kappa shape index (κ2) is 19.4. The maximum absolute atomic E-state index is 13.9. The van der Waals surface area contributed by atoms with E-state index in [-0.39, 0.29) is 35.7 Å². The highest BCUT2D eigenvalue weighted by atomic mass is 16.5. The van der Waals surface area contributed by atoms with Crippen LogP contribution in [0.5, 0.6) is 5.75 Å². The number of aromatic amines is 2. The number of imidazole rings is 2. The first-order chi connectivity index (χ1) is 34.4. The Balaban J connectivity index is 0.978. The number of aromatic nitrogens is 6. The van der Waals surface area contributed by atoms with Gasteiger partial charge in [0.05, 0.1) is 61.3 Å². The summed E-state index contributed by atoms with van der Waals surface area (Å²) in [6.07, 6.45) is 8.50. The quantitative estimate of drug-likeness (QED) is 0.0915. The molecule has 71 heavy (non-hydrogen) atoms. The monoisotopic (exact) mass is 958 g/mol. The lowest BCUT2D eigenvalue weighted by Gasteiger charge is -2.31. The molecule has 17 nitrogen and oxygen atoms in total. The second-order valence-electron chi connectivity index (χ2n) is 19.2. The van der Waals surface area contributed by atoms with Gasteiger partial charge in [-0.05, 0) is 97.2 Å². The molecular weight excluding hydrogens is 901 g/mol. The van der Waals surface area contributed by atoms with Crippen molar-refractivity contribution in [2.75, 3.05) is 27.3 Å². The number of amides is 4. The fraction of sp³-hybridized carbons (Fsp3) is 0.352. The molecule has 3 aliphatic heterocycles. The van der Waals surface area contributed by atoms with Crippen LogP contribution in [-0.2, 0) is 19.1 Å². The van der Waals surface area contributed by atoms with Gasteiger partial charge in [-0.3, -0.25) is 14.6 Å². The third kappa shape index (κ3) is 8.96. The lowest BCUT2D eigenvalue weighted by atomic mass is 10.0. The number of carbonyl (C=O) groups is 4. The summed E-state index contributed by atoms with van der Waals surface area (Å²) in [6, 6.07) is 25.1. The van der Waals surface area contributed by atoms with Crippen LogP contribution in [0.25, 0.3) is 55.8 Å². The fourth-order valence-corrected chi connectivity index (χ4v) is 10.4. The predicted molar refractivity (Wildman–Crippen MR) is 267 cm³/mol. The Morgan fingerprint density at radius 2 is 1.25 bits per heavy atom. The minimum absolute atomic E-state index is 0.138. The molecule has 0 spiro atoms. The first kappa shape index (κ1) is 46.8. The number of H-pyrrole nitrogens is 2. The molecule has 3 aromatic carbocycles. The first-order valence-corrected chi connectivity index (χ1v) is 24.3. The average molecular weight is 959 g/mol. The van der Waals surface area contributed by atoms with Crippen LogP contribution in [0.3, 0.4) is 0 Å². The molecule has 366 valence electrons. The summed E-state index contributed by atoms with van der Waals surface area (Å²) in [6.45, 7) is 8.73. The molecule has 4 amide bonds. The Labute approximate surface area is 411 Å². The molecular formula is C54H58N10O7. The molecule has 0 saturated carbocycles. The van der Waals surface area contributed by atoms with Gasteiger partial charge in [0.2, 0.25) is 18.0 Å². The van der Waals surface area contributed by atoms with Crippen molar-refractivity contribution in [3.8, 4) is 50.6 Å². The Bertz CT molecular complexity index is 3120. The van der Waals surface area contributed by atoms with E-state index in [0.29, 0.717) is 30.5 Å². The van der Waals surface area contributed by atoms with Crippen LogP contribution in [0, 0.1) is 11.8 Å². The highest BCUT2D eigenvalue weighted by Crippen LogP contribution is 2.47. The van der Waals surface area contributed by atoms with Crippen LogP contribution in [-0.4, -0.2) is 103 Å². The minimum atomic E-state index is -0.733. The van der Waals surface area contributed by atoms with E-state index in [1.165, 1.54) is 14.2 Å². The van der Waals surface area contributed by atoms with E-state index in [9.17, 15) is 19.2 Å². The summed E-state index contributed by atoms with van der Waals surface area (Å²) in [5.41, 5.74) is 9.36. The SMILES string of the molecule is COC(=O)N[C@H](C(=O)N1CCC[C@H]1c1ncc(-c2ccc3c(c2)OC(c2cccc(-c4ccncc4)c2)n2c-3cc3cc(-c4cnc([C@@H]5CCCN5C(=O)[C@@H](NC(=O)OC)C(C)C)[nH]4)ccc32)[nH]1)C(C)C. The summed E-state index contributed by atoms with van der Waals surface area (Å²) >= 11 is 0. The summed E-state index contributed by atoms with van der Waals surface area (Å²) in [7, 11) is 2.58. The molecule has 0 aliphatic carbocycles.